The third kappa shape index (κ3) is 4.65. The third-order valence-corrected chi connectivity index (χ3v) is 4.50. The van der Waals surface area contributed by atoms with Gasteiger partial charge in [0.2, 0.25) is 0 Å². The van der Waals surface area contributed by atoms with Gasteiger partial charge in [-0.25, -0.2) is 8.42 Å². The summed E-state index contributed by atoms with van der Waals surface area (Å²) >= 11 is 0. The van der Waals surface area contributed by atoms with Gasteiger partial charge in [0.1, 0.15) is 0 Å². The molecule has 106 valence electrons. The van der Waals surface area contributed by atoms with Gasteiger partial charge >= 0.3 is 0 Å². The summed E-state index contributed by atoms with van der Waals surface area (Å²) in [5.41, 5.74) is 0.472. The van der Waals surface area contributed by atoms with Crippen LogP contribution in [0.5, 0.6) is 0 Å². The van der Waals surface area contributed by atoms with Gasteiger partial charge in [-0.05, 0) is 44.3 Å². The van der Waals surface area contributed by atoms with Gasteiger partial charge in [-0.3, -0.25) is 4.79 Å². The van der Waals surface area contributed by atoms with Crippen molar-refractivity contribution in [3.63, 3.8) is 0 Å². The van der Waals surface area contributed by atoms with Crippen LogP contribution in [-0.4, -0.2) is 40.2 Å². The number of nitrogens with one attached hydrogen (secondary N) is 2. The lowest BCUT2D eigenvalue weighted by Gasteiger charge is -2.06. The smallest absolute Gasteiger partial charge is 0.251 e. The molecule has 0 spiro atoms. The zero-order chi connectivity index (χ0) is 14.3. The van der Waals surface area contributed by atoms with E-state index in [1.54, 1.807) is 6.92 Å². The highest BCUT2D eigenvalue weighted by atomic mass is 32.2. The van der Waals surface area contributed by atoms with Crippen molar-refractivity contribution in [2.24, 2.45) is 0 Å². The van der Waals surface area contributed by atoms with Crippen molar-refractivity contribution in [1.29, 1.82) is 0 Å². The van der Waals surface area contributed by atoms with Crippen LogP contribution in [0.2, 0.25) is 0 Å². The van der Waals surface area contributed by atoms with Crippen LogP contribution in [0, 0.1) is 0 Å². The highest BCUT2D eigenvalue weighted by Gasteiger charge is 2.12. The van der Waals surface area contributed by atoms with Gasteiger partial charge in [-0.15, -0.1) is 0 Å². The van der Waals surface area contributed by atoms with Crippen molar-refractivity contribution >= 4 is 15.7 Å². The molecule has 1 aromatic rings. The monoisotopic (exact) mass is 284 g/mol. The fraction of sp³-hybridized carbons (Fsp3) is 0.462. The summed E-state index contributed by atoms with van der Waals surface area (Å²) in [6.07, 6.45) is 0.852. The SMILES string of the molecule is CCS(=O)(=O)c1ccc(C(=O)NCCCNC)cc1. The second-order valence-electron chi connectivity index (χ2n) is 4.14. The molecule has 5 nitrogen and oxygen atoms in total. The van der Waals surface area contributed by atoms with E-state index in [0.29, 0.717) is 12.1 Å². The van der Waals surface area contributed by atoms with Gasteiger partial charge in [0.25, 0.3) is 5.91 Å². The summed E-state index contributed by atoms with van der Waals surface area (Å²) in [6, 6.07) is 6.02. The fourth-order valence-corrected chi connectivity index (χ4v) is 2.43. The molecule has 6 heteroatoms. The lowest BCUT2D eigenvalue weighted by atomic mass is 10.2. The first-order valence-corrected chi connectivity index (χ1v) is 7.92. The minimum absolute atomic E-state index is 0.0581. The van der Waals surface area contributed by atoms with Gasteiger partial charge in [0, 0.05) is 12.1 Å². The van der Waals surface area contributed by atoms with Crippen LogP contribution in [0.25, 0.3) is 0 Å². The molecule has 0 fully saturated rings. The number of hydrogen-bond donors (Lipinski definition) is 2. The standard InChI is InChI=1S/C13H20N2O3S/c1-3-19(17,18)12-7-5-11(6-8-12)13(16)15-10-4-9-14-2/h5-8,14H,3-4,9-10H2,1-2H3,(H,15,16). The first-order valence-electron chi connectivity index (χ1n) is 6.27. The molecule has 0 aliphatic carbocycles. The Hall–Kier alpha value is -1.40. The first kappa shape index (κ1) is 15.7. The molecule has 2 N–H and O–H groups in total. The van der Waals surface area contributed by atoms with Crippen LogP contribution >= 0.6 is 0 Å². The van der Waals surface area contributed by atoms with E-state index in [0.717, 1.165) is 13.0 Å². The minimum atomic E-state index is -3.20. The van der Waals surface area contributed by atoms with Gasteiger partial charge in [-0.2, -0.15) is 0 Å². The Balaban J connectivity index is 2.64. The van der Waals surface area contributed by atoms with E-state index in [2.05, 4.69) is 10.6 Å². The molecule has 1 rings (SSSR count). The summed E-state index contributed by atoms with van der Waals surface area (Å²) in [5.74, 6) is -0.126. The zero-order valence-electron chi connectivity index (χ0n) is 11.3. The maximum Gasteiger partial charge on any atom is 0.251 e. The van der Waals surface area contributed by atoms with Crippen LogP contribution in [0.1, 0.15) is 23.7 Å². The normalized spacial score (nSPS) is 11.3. The van der Waals surface area contributed by atoms with Gasteiger partial charge in [-0.1, -0.05) is 6.92 Å². The molecular weight excluding hydrogens is 264 g/mol. The molecule has 0 saturated heterocycles. The number of carbonyl (C=O) groups excluding carboxylic acids is 1. The van der Waals surface area contributed by atoms with Gasteiger partial charge < -0.3 is 10.6 Å². The average molecular weight is 284 g/mol. The average Bonchev–Trinajstić information content (AvgIpc) is 2.43. The number of hydrogen-bond acceptors (Lipinski definition) is 4. The Kier molecular flexibility index (Phi) is 5.98. The second kappa shape index (κ2) is 7.25. The Morgan fingerprint density at radius 2 is 1.79 bits per heavy atom. The molecule has 0 heterocycles. The summed E-state index contributed by atoms with van der Waals surface area (Å²) in [6.45, 7) is 3.03. The van der Waals surface area contributed by atoms with Crippen molar-refractivity contribution in [3.05, 3.63) is 29.8 Å². The number of carbonyl (C=O) groups is 1. The molecular formula is C13H20N2O3S. The first-order chi connectivity index (χ1) is 9.01. The van der Waals surface area contributed by atoms with Gasteiger partial charge in [0.05, 0.1) is 10.6 Å². The molecule has 0 radical (unpaired) electrons. The Morgan fingerprint density at radius 3 is 2.32 bits per heavy atom. The predicted octanol–water partition coefficient (Wildman–Crippen LogP) is 0.819. The van der Waals surface area contributed by atoms with Crippen LogP contribution < -0.4 is 10.6 Å². The predicted molar refractivity (Wildman–Crippen MR) is 75.0 cm³/mol. The van der Waals surface area contributed by atoms with Gasteiger partial charge in [0.15, 0.2) is 9.84 Å². The zero-order valence-corrected chi connectivity index (χ0v) is 12.1. The molecule has 0 aliphatic heterocycles. The van der Waals surface area contributed by atoms with E-state index < -0.39 is 9.84 Å². The van der Waals surface area contributed by atoms with Crippen LogP contribution in [0.4, 0.5) is 0 Å². The summed E-state index contributed by atoms with van der Waals surface area (Å²) in [5, 5.41) is 5.77. The molecule has 0 saturated carbocycles. The van der Waals surface area contributed by atoms with E-state index in [-0.39, 0.29) is 16.6 Å². The lowest BCUT2D eigenvalue weighted by Crippen LogP contribution is -2.26. The largest absolute Gasteiger partial charge is 0.352 e. The van der Waals surface area contributed by atoms with Crippen molar-refractivity contribution in [3.8, 4) is 0 Å². The number of benzene rings is 1. The molecule has 0 aromatic heterocycles. The highest BCUT2D eigenvalue weighted by molar-refractivity contribution is 7.91. The summed E-state index contributed by atoms with van der Waals surface area (Å²) in [7, 11) is -1.35. The Bertz CT molecular complexity index is 509. The lowest BCUT2D eigenvalue weighted by molar-refractivity contribution is 0.0953. The van der Waals surface area contributed by atoms with Crippen molar-refractivity contribution in [2.45, 2.75) is 18.2 Å². The quantitative estimate of drug-likeness (QED) is 0.727. The maximum atomic E-state index is 11.8. The van der Waals surface area contributed by atoms with Crippen molar-refractivity contribution in [2.75, 3.05) is 25.9 Å². The van der Waals surface area contributed by atoms with Crippen LogP contribution in [0.3, 0.4) is 0 Å². The summed E-state index contributed by atoms with van der Waals surface area (Å²) < 4.78 is 23.2. The van der Waals surface area contributed by atoms with E-state index in [1.165, 1.54) is 24.3 Å². The Labute approximate surface area is 114 Å². The number of amides is 1. The molecule has 0 aliphatic rings. The molecule has 19 heavy (non-hydrogen) atoms. The molecule has 1 amide bonds. The second-order valence-corrected chi connectivity index (χ2v) is 6.42. The number of rotatable bonds is 7. The topological polar surface area (TPSA) is 75.3 Å². The molecule has 0 bridgehead atoms. The molecule has 0 atom stereocenters. The fourth-order valence-electron chi connectivity index (χ4n) is 1.55. The minimum Gasteiger partial charge on any atom is -0.352 e. The van der Waals surface area contributed by atoms with Crippen LogP contribution in [-0.2, 0) is 9.84 Å². The maximum absolute atomic E-state index is 11.8. The van der Waals surface area contributed by atoms with E-state index in [1.807, 2.05) is 7.05 Å². The van der Waals surface area contributed by atoms with Crippen LogP contribution in [0.15, 0.2) is 29.2 Å². The highest BCUT2D eigenvalue weighted by Crippen LogP contribution is 2.12. The van der Waals surface area contributed by atoms with Crippen molar-refractivity contribution in [1.82, 2.24) is 10.6 Å². The number of sulfone groups is 1. The molecule has 1 aromatic carbocycles. The van der Waals surface area contributed by atoms with E-state index in [4.69, 9.17) is 0 Å². The van der Waals surface area contributed by atoms with E-state index >= 15 is 0 Å². The van der Waals surface area contributed by atoms with Crippen molar-refractivity contribution < 1.29 is 13.2 Å². The van der Waals surface area contributed by atoms with E-state index in [9.17, 15) is 13.2 Å². The Morgan fingerprint density at radius 1 is 1.16 bits per heavy atom. The summed E-state index contributed by atoms with van der Waals surface area (Å²) in [4.78, 5) is 12.0. The third-order valence-electron chi connectivity index (χ3n) is 2.74. The molecule has 0 unspecified atom stereocenters.